The summed E-state index contributed by atoms with van der Waals surface area (Å²) in [6, 6.07) is 14.5. The lowest BCUT2D eigenvalue weighted by atomic mass is 10.0. The summed E-state index contributed by atoms with van der Waals surface area (Å²) in [7, 11) is 0. The number of fused-ring (bicyclic) bond motifs is 2. The Hall–Kier alpha value is -2.88. The smallest absolute Gasteiger partial charge is 0.181 e. The topological polar surface area (TPSA) is 51.6 Å². The lowest BCUT2D eigenvalue weighted by molar-refractivity contribution is 1.15. The molecule has 0 unspecified atom stereocenters. The maximum atomic E-state index is 4.37. The maximum absolute atomic E-state index is 4.37. The molecule has 2 aromatic heterocycles. The molecular weight excluding hydrogens is 248 g/mol. The van der Waals surface area contributed by atoms with E-state index in [0.29, 0.717) is 5.65 Å². The highest BCUT2D eigenvalue weighted by Crippen LogP contribution is 2.26. The van der Waals surface area contributed by atoms with E-state index in [9.17, 15) is 0 Å². The Bertz CT molecular complexity index is 913. The first-order valence-electron chi connectivity index (χ1n) is 6.33. The summed E-state index contributed by atoms with van der Waals surface area (Å²) in [5.41, 5.74) is 3.18. The van der Waals surface area contributed by atoms with Crippen LogP contribution in [-0.4, -0.2) is 19.9 Å². The average molecular weight is 258 g/mol. The van der Waals surface area contributed by atoms with E-state index in [1.165, 1.54) is 17.1 Å². The molecule has 0 radical (unpaired) electrons. The summed E-state index contributed by atoms with van der Waals surface area (Å²) in [4.78, 5) is 17.1. The molecule has 0 amide bonds. The van der Waals surface area contributed by atoms with Gasteiger partial charge in [0.2, 0.25) is 0 Å². The monoisotopic (exact) mass is 258 g/mol. The standard InChI is InChI=1S/C16H10N4/c1-2-4-12-9-13(6-5-11(12)3-1)14-15-16(20-10-19-14)18-8-7-17-15/h1-10H. The Morgan fingerprint density at radius 3 is 2.50 bits per heavy atom. The SMILES string of the molecule is c1ccc2cc(-c3ncnc4nccnc34)ccc2c1. The summed E-state index contributed by atoms with van der Waals surface area (Å²) in [5, 5.41) is 2.39. The van der Waals surface area contributed by atoms with Gasteiger partial charge in [0.05, 0.1) is 0 Å². The molecule has 2 aromatic carbocycles. The number of aromatic nitrogens is 4. The van der Waals surface area contributed by atoms with Gasteiger partial charge in [-0.3, -0.25) is 0 Å². The molecule has 0 saturated heterocycles. The van der Waals surface area contributed by atoms with Crippen LogP contribution in [0.4, 0.5) is 0 Å². The minimum absolute atomic E-state index is 0.616. The van der Waals surface area contributed by atoms with E-state index < -0.39 is 0 Å². The molecule has 4 rings (SSSR count). The van der Waals surface area contributed by atoms with Crippen molar-refractivity contribution in [3.8, 4) is 11.3 Å². The van der Waals surface area contributed by atoms with Crippen LogP contribution < -0.4 is 0 Å². The Balaban J connectivity index is 2.01. The summed E-state index contributed by atoms with van der Waals surface area (Å²) >= 11 is 0. The van der Waals surface area contributed by atoms with E-state index in [0.717, 1.165) is 16.8 Å². The minimum atomic E-state index is 0.616. The number of rotatable bonds is 1. The average Bonchev–Trinajstić information content (AvgIpc) is 2.54. The zero-order valence-corrected chi connectivity index (χ0v) is 10.6. The molecule has 2 heterocycles. The van der Waals surface area contributed by atoms with Crippen molar-refractivity contribution >= 4 is 21.9 Å². The molecule has 0 atom stereocenters. The number of benzene rings is 2. The summed E-state index contributed by atoms with van der Waals surface area (Å²) < 4.78 is 0. The van der Waals surface area contributed by atoms with Crippen LogP contribution in [0.15, 0.2) is 61.2 Å². The second kappa shape index (κ2) is 4.35. The third-order valence-corrected chi connectivity index (χ3v) is 3.29. The Labute approximate surface area is 115 Å². The van der Waals surface area contributed by atoms with Gasteiger partial charge in [-0.05, 0) is 16.8 Å². The Morgan fingerprint density at radius 1 is 0.700 bits per heavy atom. The molecule has 4 heteroatoms. The highest BCUT2D eigenvalue weighted by atomic mass is 14.9. The maximum Gasteiger partial charge on any atom is 0.181 e. The van der Waals surface area contributed by atoms with Crippen LogP contribution in [0, 0.1) is 0 Å². The van der Waals surface area contributed by atoms with Crippen LogP contribution >= 0.6 is 0 Å². The first-order chi connectivity index (χ1) is 9.92. The lowest BCUT2D eigenvalue weighted by Crippen LogP contribution is -1.93. The summed E-state index contributed by atoms with van der Waals surface area (Å²) in [6.07, 6.45) is 4.83. The van der Waals surface area contributed by atoms with Gasteiger partial charge in [0.25, 0.3) is 0 Å². The molecule has 94 valence electrons. The van der Waals surface area contributed by atoms with Gasteiger partial charge >= 0.3 is 0 Å². The van der Waals surface area contributed by atoms with Gasteiger partial charge in [-0.25, -0.2) is 19.9 Å². The van der Waals surface area contributed by atoms with E-state index in [1.807, 2.05) is 12.1 Å². The van der Waals surface area contributed by atoms with Crippen molar-refractivity contribution in [1.29, 1.82) is 0 Å². The van der Waals surface area contributed by atoms with Crippen LogP contribution in [0.25, 0.3) is 33.2 Å². The Kier molecular flexibility index (Phi) is 2.39. The van der Waals surface area contributed by atoms with Gasteiger partial charge in [0, 0.05) is 18.0 Å². The highest BCUT2D eigenvalue weighted by Gasteiger charge is 2.08. The molecular formula is C16H10N4. The van der Waals surface area contributed by atoms with E-state index in [2.05, 4.69) is 50.3 Å². The fourth-order valence-corrected chi connectivity index (χ4v) is 2.34. The van der Waals surface area contributed by atoms with E-state index in [1.54, 1.807) is 12.4 Å². The fourth-order valence-electron chi connectivity index (χ4n) is 2.34. The van der Waals surface area contributed by atoms with Crippen molar-refractivity contribution in [2.75, 3.05) is 0 Å². The van der Waals surface area contributed by atoms with Gasteiger partial charge < -0.3 is 0 Å². The molecule has 20 heavy (non-hydrogen) atoms. The molecule has 0 fully saturated rings. The van der Waals surface area contributed by atoms with Gasteiger partial charge in [-0.15, -0.1) is 0 Å². The second-order valence-electron chi connectivity index (χ2n) is 4.51. The first kappa shape index (κ1) is 11.0. The van der Waals surface area contributed by atoms with Crippen molar-refractivity contribution in [3.05, 3.63) is 61.2 Å². The van der Waals surface area contributed by atoms with Crippen LogP contribution in [0.5, 0.6) is 0 Å². The zero-order valence-electron chi connectivity index (χ0n) is 10.6. The molecule has 4 aromatic rings. The zero-order chi connectivity index (χ0) is 13.4. The second-order valence-corrected chi connectivity index (χ2v) is 4.51. The van der Waals surface area contributed by atoms with E-state index >= 15 is 0 Å². The lowest BCUT2D eigenvalue weighted by Gasteiger charge is -2.05. The van der Waals surface area contributed by atoms with Crippen molar-refractivity contribution in [2.24, 2.45) is 0 Å². The third kappa shape index (κ3) is 1.70. The summed E-state index contributed by atoms with van der Waals surface area (Å²) in [5.74, 6) is 0. The molecule has 0 aliphatic carbocycles. The molecule has 0 saturated carbocycles. The van der Waals surface area contributed by atoms with Crippen molar-refractivity contribution in [2.45, 2.75) is 0 Å². The number of hydrogen-bond acceptors (Lipinski definition) is 4. The van der Waals surface area contributed by atoms with Crippen molar-refractivity contribution in [3.63, 3.8) is 0 Å². The van der Waals surface area contributed by atoms with Gasteiger partial charge in [-0.2, -0.15) is 0 Å². The van der Waals surface area contributed by atoms with Crippen LogP contribution in [0.3, 0.4) is 0 Å². The number of nitrogens with zero attached hydrogens (tertiary/aromatic N) is 4. The van der Waals surface area contributed by atoms with Gasteiger partial charge in [-0.1, -0.05) is 36.4 Å². The van der Waals surface area contributed by atoms with Crippen LogP contribution in [0.2, 0.25) is 0 Å². The van der Waals surface area contributed by atoms with Gasteiger partial charge in [0.15, 0.2) is 5.65 Å². The fraction of sp³-hybridized carbons (Fsp3) is 0. The Morgan fingerprint density at radius 2 is 1.55 bits per heavy atom. The number of hydrogen-bond donors (Lipinski definition) is 0. The quantitative estimate of drug-likeness (QED) is 0.526. The summed E-state index contributed by atoms with van der Waals surface area (Å²) in [6.45, 7) is 0. The van der Waals surface area contributed by atoms with E-state index in [4.69, 9.17) is 0 Å². The largest absolute Gasteiger partial charge is 0.249 e. The minimum Gasteiger partial charge on any atom is -0.249 e. The molecule has 0 aliphatic rings. The molecule has 4 nitrogen and oxygen atoms in total. The normalized spacial score (nSPS) is 11.0. The third-order valence-electron chi connectivity index (χ3n) is 3.29. The molecule has 0 N–H and O–H groups in total. The molecule has 0 bridgehead atoms. The van der Waals surface area contributed by atoms with Crippen LogP contribution in [0.1, 0.15) is 0 Å². The van der Waals surface area contributed by atoms with Gasteiger partial charge in [0.1, 0.15) is 17.5 Å². The van der Waals surface area contributed by atoms with E-state index in [-0.39, 0.29) is 0 Å². The molecule has 0 spiro atoms. The predicted molar refractivity (Wildman–Crippen MR) is 78.1 cm³/mol. The van der Waals surface area contributed by atoms with Crippen molar-refractivity contribution < 1.29 is 0 Å². The predicted octanol–water partition coefficient (Wildman–Crippen LogP) is 3.24. The van der Waals surface area contributed by atoms with Crippen LogP contribution in [-0.2, 0) is 0 Å². The van der Waals surface area contributed by atoms with Crippen molar-refractivity contribution in [1.82, 2.24) is 19.9 Å². The molecule has 0 aliphatic heterocycles. The highest BCUT2D eigenvalue weighted by molar-refractivity contribution is 5.92. The first-order valence-corrected chi connectivity index (χ1v) is 6.33.